The summed E-state index contributed by atoms with van der Waals surface area (Å²) in [6.07, 6.45) is 0.0494. The highest BCUT2D eigenvalue weighted by Crippen LogP contribution is 2.10. The molecule has 0 aliphatic heterocycles. The monoisotopic (exact) mass is 433 g/mol. The fraction of sp³-hybridized carbons (Fsp3) is 0.412. The maximum absolute atomic E-state index is 10.4. The number of carbonyl (C=O) groups is 4. The Bertz CT molecular complexity index is 681. The van der Waals surface area contributed by atoms with Gasteiger partial charge in [-0.1, -0.05) is 12.1 Å². The molecule has 3 atom stereocenters. The smallest absolute Gasteiger partial charge is 0.322 e. The van der Waals surface area contributed by atoms with Crippen molar-refractivity contribution >= 4 is 23.9 Å². The molecule has 170 valence electrons. The van der Waals surface area contributed by atoms with Gasteiger partial charge in [0.25, 0.3) is 0 Å². The van der Waals surface area contributed by atoms with Crippen molar-refractivity contribution in [3.8, 4) is 5.75 Å². The van der Waals surface area contributed by atoms with Gasteiger partial charge >= 0.3 is 23.9 Å². The molecule has 0 fully saturated rings. The number of rotatable bonds is 9. The summed E-state index contributed by atoms with van der Waals surface area (Å²) >= 11 is 0. The number of hydrogen-bond donors (Lipinski definition) is 9. The number of nitrogens with two attached hydrogens (primary N) is 3. The van der Waals surface area contributed by atoms with Crippen molar-refractivity contribution in [1.82, 2.24) is 0 Å². The third kappa shape index (κ3) is 15.8. The van der Waals surface area contributed by atoms with Crippen LogP contribution in [0.1, 0.15) is 18.4 Å². The molecule has 0 spiro atoms. The van der Waals surface area contributed by atoms with Crippen molar-refractivity contribution in [1.29, 1.82) is 0 Å². The minimum atomic E-state index is -1.18. The van der Waals surface area contributed by atoms with Gasteiger partial charge in [-0.25, -0.2) is 0 Å². The summed E-state index contributed by atoms with van der Waals surface area (Å²) in [7, 11) is 0. The summed E-state index contributed by atoms with van der Waals surface area (Å²) in [5.74, 6) is -4.24. The number of carboxylic acids is 4. The van der Waals surface area contributed by atoms with E-state index in [2.05, 4.69) is 0 Å². The van der Waals surface area contributed by atoms with Crippen LogP contribution in [0.3, 0.4) is 0 Å². The first-order chi connectivity index (χ1) is 13.8. The minimum absolute atomic E-state index is 0.0231. The second-order valence-corrected chi connectivity index (χ2v) is 5.82. The van der Waals surface area contributed by atoms with E-state index < -0.39 is 48.6 Å². The van der Waals surface area contributed by atoms with Crippen LogP contribution in [0.15, 0.2) is 24.3 Å². The predicted molar refractivity (Wildman–Crippen MR) is 103 cm³/mol. The zero-order valence-electron chi connectivity index (χ0n) is 15.9. The Balaban J connectivity index is 0. The van der Waals surface area contributed by atoms with Crippen molar-refractivity contribution in [2.45, 2.75) is 37.4 Å². The van der Waals surface area contributed by atoms with Crippen molar-refractivity contribution in [3.63, 3.8) is 0 Å². The Morgan fingerprint density at radius 1 is 0.767 bits per heavy atom. The van der Waals surface area contributed by atoms with Gasteiger partial charge in [-0.2, -0.15) is 0 Å². The molecule has 0 unspecified atom stereocenters. The maximum atomic E-state index is 10.4. The molecule has 0 saturated carbocycles. The Morgan fingerprint density at radius 2 is 1.20 bits per heavy atom. The van der Waals surface area contributed by atoms with Crippen LogP contribution in [0, 0.1) is 0 Å². The molecule has 1 rings (SSSR count). The number of hydrogen-bond acceptors (Lipinski definition) is 9. The molecule has 1 aromatic carbocycles. The molecule has 12 N–H and O–H groups in total. The zero-order valence-corrected chi connectivity index (χ0v) is 15.9. The van der Waals surface area contributed by atoms with Crippen LogP contribution < -0.4 is 17.2 Å². The van der Waals surface area contributed by atoms with Gasteiger partial charge in [0.1, 0.15) is 23.9 Å². The lowest BCUT2D eigenvalue weighted by Gasteiger charge is -2.05. The lowest BCUT2D eigenvalue weighted by Crippen LogP contribution is -2.33. The van der Waals surface area contributed by atoms with Gasteiger partial charge in [0.2, 0.25) is 0 Å². The zero-order chi connectivity index (χ0) is 23.9. The van der Waals surface area contributed by atoms with E-state index in [-0.39, 0.29) is 25.0 Å². The fourth-order valence-corrected chi connectivity index (χ4v) is 1.45. The molecule has 0 aliphatic rings. The average molecular weight is 433 g/mol. The summed E-state index contributed by atoms with van der Waals surface area (Å²) in [5.41, 5.74) is 15.9. The van der Waals surface area contributed by atoms with E-state index >= 15 is 0 Å². The van der Waals surface area contributed by atoms with Crippen LogP contribution in [0.5, 0.6) is 5.75 Å². The van der Waals surface area contributed by atoms with Crippen LogP contribution in [-0.2, 0) is 25.6 Å². The molecule has 30 heavy (non-hydrogen) atoms. The number of aliphatic hydroxyl groups is 1. The van der Waals surface area contributed by atoms with Crippen molar-refractivity contribution in [2.75, 3.05) is 6.61 Å². The average Bonchev–Trinajstić information content (AvgIpc) is 2.67. The Labute approximate surface area is 171 Å². The van der Waals surface area contributed by atoms with E-state index in [9.17, 15) is 19.2 Å². The molecule has 1 aromatic rings. The van der Waals surface area contributed by atoms with Crippen molar-refractivity contribution in [2.24, 2.45) is 17.2 Å². The van der Waals surface area contributed by atoms with E-state index in [1.54, 1.807) is 12.1 Å². The van der Waals surface area contributed by atoms with Gasteiger partial charge in [-0.15, -0.1) is 0 Å². The van der Waals surface area contributed by atoms with Crippen LogP contribution in [0.4, 0.5) is 0 Å². The summed E-state index contributed by atoms with van der Waals surface area (Å²) in [4.78, 5) is 39.9. The summed E-state index contributed by atoms with van der Waals surface area (Å²) in [6, 6.07) is 3.24. The summed E-state index contributed by atoms with van der Waals surface area (Å²) in [5, 5.41) is 49.6. The van der Waals surface area contributed by atoms with Gasteiger partial charge in [0.15, 0.2) is 0 Å². The lowest BCUT2D eigenvalue weighted by molar-refractivity contribution is -0.141. The molecule has 0 aliphatic carbocycles. The molecule has 13 nitrogen and oxygen atoms in total. The molecular weight excluding hydrogens is 406 g/mol. The molecule has 13 heteroatoms. The highest BCUT2D eigenvalue weighted by molar-refractivity contribution is 5.75. The molecule has 0 heterocycles. The topological polar surface area (TPSA) is 268 Å². The van der Waals surface area contributed by atoms with Crippen molar-refractivity contribution < 1.29 is 49.8 Å². The Kier molecular flexibility index (Phi) is 15.1. The first-order valence-corrected chi connectivity index (χ1v) is 8.37. The van der Waals surface area contributed by atoms with E-state index in [1.807, 2.05) is 0 Å². The van der Waals surface area contributed by atoms with E-state index in [0.717, 1.165) is 5.56 Å². The van der Waals surface area contributed by atoms with Gasteiger partial charge in [-0.3, -0.25) is 19.2 Å². The third-order valence-electron chi connectivity index (χ3n) is 3.21. The Hall–Kier alpha value is -3.26. The van der Waals surface area contributed by atoms with E-state index in [0.29, 0.717) is 0 Å². The van der Waals surface area contributed by atoms with Crippen LogP contribution >= 0.6 is 0 Å². The standard InChI is InChI=1S/C9H11NO3.C5H9NO4.C3H7NO3/c10-8(9(12)13)5-6-1-3-7(11)4-2-6;6-3(5(9)10)1-2-4(7)8;4-2(1-5)3(6)7/h1-4,8,11H,5,10H2,(H,12,13);3H,1-2,6H2,(H,7,8)(H,9,10);2,5H,1,4H2,(H,6,7)/t8-;3-;2-/m000/s1. The number of carboxylic acid groups (broad SMARTS) is 4. The number of phenols is 1. The summed E-state index contributed by atoms with van der Waals surface area (Å²) < 4.78 is 0. The number of aliphatic carboxylic acids is 4. The van der Waals surface area contributed by atoms with Gasteiger partial charge in [0, 0.05) is 6.42 Å². The molecule has 0 radical (unpaired) electrons. The number of benzene rings is 1. The van der Waals surface area contributed by atoms with Crippen molar-refractivity contribution in [3.05, 3.63) is 29.8 Å². The highest BCUT2D eigenvalue weighted by Gasteiger charge is 2.12. The fourth-order valence-electron chi connectivity index (χ4n) is 1.45. The molecule has 0 aromatic heterocycles. The van der Waals surface area contributed by atoms with Gasteiger partial charge in [-0.05, 0) is 30.5 Å². The van der Waals surface area contributed by atoms with E-state index in [4.69, 9.17) is 47.8 Å². The first-order valence-electron chi connectivity index (χ1n) is 8.37. The van der Waals surface area contributed by atoms with Crippen LogP contribution in [-0.4, -0.2) is 79.2 Å². The quantitative estimate of drug-likeness (QED) is 0.204. The van der Waals surface area contributed by atoms with Gasteiger partial charge < -0.3 is 47.8 Å². The molecule has 0 saturated heterocycles. The second kappa shape index (κ2) is 15.6. The first kappa shape index (κ1) is 28.9. The van der Waals surface area contributed by atoms with Crippen LogP contribution in [0.2, 0.25) is 0 Å². The maximum Gasteiger partial charge on any atom is 0.322 e. The second-order valence-electron chi connectivity index (χ2n) is 5.82. The predicted octanol–water partition coefficient (Wildman–Crippen LogP) is -2.00. The van der Waals surface area contributed by atoms with Gasteiger partial charge in [0.05, 0.1) is 6.61 Å². The highest BCUT2D eigenvalue weighted by atomic mass is 16.4. The number of aliphatic hydroxyl groups excluding tert-OH is 1. The SMILES string of the molecule is N[C@@H](CCC(=O)O)C(=O)O.N[C@@H](CO)C(=O)O.N[C@@H](Cc1ccc(O)cc1)C(=O)O. The molecule has 0 amide bonds. The largest absolute Gasteiger partial charge is 0.508 e. The number of aromatic hydroxyl groups is 1. The molecular formula is C17H27N3O10. The van der Waals surface area contributed by atoms with E-state index in [1.165, 1.54) is 12.1 Å². The lowest BCUT2D eigenvalue weighted by atomic mass is 10.1. The third-order valence-corrected chi connectivity index (χ3v) is 3.21. The summed E-state index contributed by atoms with van der Waals surface area (Å²) in [6.45, 7) is -0.505. The minimum Gasteiger partial charge on any atom is -0.508 e. The Morgan fingerprint density at radius 3 is 1.50 bits per heavy atom. The number of phenolic OH excluding ortho intramolecular Hbond substituents is 1. The molecule has 0 bridgehead atoms. The van der Waals surface area contributed by atoms with Crippen LogP contribution in [0.25, 0.3) is 0 Å². The normalized spacial score (nSPS) is 12.7.